The molecular formula is C10H18O3. The molecule has 3 heteroatoms. The van der Waals surface area contributed by atoms with Crippen molar-refractivity contribution in [2.45, 2.75) is 39.4 Å². The molecule has 3 nitrogen and oxygen atoms in total. The second-order valence-corrected chi connectivity index (χ2v) is 3.53. The molecule has 1 atom stereocenters. The van der Waals surface area contributed by atoms with Crippen molar-refractivity contribution in [3.8, 4) is 0 Å². The summed E-state index contributed by atoms with van der Waals surface area (Å²) in [4.78, 5) is 11.5. The lowest BCUT2D eigenvalue weighted by Gasteiger charge is -2.12. The predicted octanol–water partition coefficient (Wildman–Crippen LogP) is 1.75. The van der Waals surface area contributed by atoms with Gasteiger partial charge in [0.1, 0.15) is 5.78 Å². The van der Waals surface area contributed by atoms with Gasteiger partial charge in [0.25, 0.3) is 0 Å². The second-order valence-electron chi connectivity index (χ2n) is 3.53. The molecule has 1 heterocycles. The van der Waals surface area contributed by atoms with E-state index in [0.717, 1.165) is 12.8 Å². The molecule has 1 fully saturated rings. The largest absolute Gasteiger partial charge is 0.350 e. The number of rotatable bonds is 5. The number of carbonyl (C=O) groups excluding carboxylic acids is 1. The highest BCUT2D eigenvalue weighted by molar-refractivity contribution is 5.80. The first-order chi connectivity index (χ1) is 6.24. The quantitative estimate of drug-likeness (QED) is 0.656. The van der Waals surface area contributed by atoms with Crippen LogP contribution in [0.5, 0.6) is 0 Å². The lowest BCUT2D eigenvalue weighted by molar-refractivity contribution is -0.130. The third kappa shape index (κ3) is 3.44. The molecule has 1 unspecified atom stereocenters. The van der Waals surface area contributed by atoms with Crippen LogP contribution in [0.25, 0.3) is 0 Å². The topological polar surface area (TPSA) is 35.5 Å². The first-order valence-corrected chi connectivity index (χ1v) is 5.00. The van der Waals surface area contributed by atoms with Crippen LogP contribution in [-0.2, 0) is 14.3 Å². The zero-order valence-electron chi connectivity index (χ0n) is 8.41. The Labute approximate surface area is 79.4 Å². The Morgan fingerprint density at radius 1 is 1.46 bits per heavy atom. The van der Waals surface area contributed by atoms with Crippen molar-refractivity contribution in [2.24, 2.45) is 5.92 Å². The molecule has 1 aliphatic rings. The first kappa shape index (κ1) is 10.7. The highest BCUT2D eigenvalue weighted by Crippen LogP contribution is 2.14. The van der Waals surface area contributed by atoms with E-state index in [0.29, 0.717) is 19.6 Å². The molecule has 0 aromatic heterocycles. The van der Waals surface area contributed by atoms with Gasteiger partial charge < -0.3 is 9.47 Å². The zero-order chi connectivity index (χ0) is 9.68. The van der Waals surface area contributed by atoms with E-state index in [9.17, 15) is 4.79 Å². The van der Waals surface area contributed by atoms with Crippen LogP contribution in [0, 0.1) is 5.92 Å². The van der Waals surface area contributed by atoms with Gasteiger partial charge in [0, 0.05) is 5.92 Å². The molecular weight excluding hydrogens is 168 g/mol. The Bertz CT molecular complexity index is 162. The van der Waals surface area contributed by atoms with Crippen LogP contribution in [-0.4, -0.2) is 25.3 Å². The number of ether oxygens (including phenoxy) is 2. The maximum Gasteiger partial charge on any atom is 0.164 e. The summed E-state index contributed by atoms with van der Waals surface area (Å²) in [6.07, 6.45) is 2.17. The van der Waals surface area contributed by atoms with Crippen LogP contribution in [0.2, 0.25) is 0 Å². The average molecular weight is 186 g/mol. The summed E-state index contributed by atoms with van der Waals surface area (Å²) in [6, 6.07) is 0. The summed E-state index contributed by atoms with van der Waals surface area (Å²) >= 11 is 0. The molecule has 0 radical (unpaired) electrons. The molecule has 1 rings (SSSR count). The molecule has 0 bridgehead atoms. The zero-order valence-corrected chi connectivity index (χ0v) is 8.41. The molecule has 13 heavy (non-hydrogen) atoms. The van der Waals surface area contributed by atoms with Gasteiger partial charge in [0.05, 0.1) is 19.6 Å². The number of hydrogen-bond acceptors (Lipinski definition) is 3. The summed E-state index contributed by atoms with van der Waals surface area (Å²) in [5, 5.41) is 0. The summed E-state index contributed by atoms with van der Waals surface area (Å²) < 4.78 is 10.4. The Hall–Kier alpha value is -0.410. The average Bonchev–Trinajstić information content (AvgIpc) is 2.57. The maximum atomic E-state index is 11.5. The third-order valence-electron chi connectivity index (χ3n) is 2.33. The van der Waals surface area contributed by atoms with E-state index in [1.54, 1.807) is 0 Å². The van der Waals surface area contributed by atoms with E-state index in [1.165, 1.54) is 0 Å². The molecule has 0 aromatic rings. The van der Waals surface area contributed by atoms with E-state index in [1.807, 2.05) is 6.92 Å². The molecule has 1 saturated heterocycles. The first-order valence-electron chi connectivity index (χ1n) is 5.00. The van der Waals surface area contributed by atoms with E-state index in [-0.39, 0.29) is 18.0 Å². The highest BCUT2D eigenvalue weighted by atomic mass is 16.7. The molecule has 76 valence electrons. The van der Waals surface area contributed by atoms with Crippen molar-refractivity contribution in [3.05, 3.63) is 0 Å². The van der Waals surface area contributed by atoms with Crippen molar-refractivity contribution in [2.75, 3.05) is 13.2 Å². The summed E-state index contributed by atoms with van der Waals surface area (Å²) in [6.45, 7) is 5.31. The minimum absolute atomic E-state index is 0.151. The molecule has 0 N–H and O–H groups in total. The SMILES string of the molecule is CCCC(C)C(=O)CC1OCCO1. The van der Waals surface area contributed by atoms with Crippen molar-refractivity contribution < 1.29 is 14.3 Å². The van der Waals surface area contributed by atoms with E-state index >= 15 is 0 Å². The normalized spacial score (nSPS) is 20.5. The fourth-order valence-electron chi connectivity index (χ4n) is 1.48. The van der Waals surface area contributed by atoms with Crippen molar-refractivity contribution in [3.63, 3.8) is 0 Å². The van der Waals surface area contributed by atoms with Crippen LogP contribution < -0.4 is 0 Å². The Morgan fingerprint density at radius 2 is 2.08 bits per heavy atom. The Balaban J connectivity index is 2.22. The van der Waals surface area contributed by atoms with Gasteiger partial charge in [0.2, 0.25) is 0 Å². The van der Waals surface area contributed by atoms with E-state index < -0.39 is 0 Å². The van der Waals surface area contributed by atoms with Crippen LogP contribution in [0.1, 0.15) is 33.1 Å². The van der Waals surface area contributed by atoms with E-state index in [4.69, 9.17) is 9.47 Å². The minimum Gasteiger partial charge on any atom is -0.350 e. The monoisotopic (exact) mass is 186 g/mol. The molecule has 0 spiro atoms. The maximum absolute atomic E-state index is 11.5. The van der Waals surface area contributed by atoms with Crippen molar-refractivity contribution >= 4 is 5.78 Å². The molecule has 0 aromatic carbocycles. The van der Waals surface area contributed by atoms with Gasteiger partial charge in [-0.25, -0.2) is 0 Å². The summed E-state index contributed by atoms with van der Waals surface area (Å²) in [5.74, 6) is 0.409. The lowest BCUT2D eigenvalue weighted by Crippen LogP contribution is -2.19. The Morgan fingerprint density at radius 3 is 2.62 bits per heavy atom. The van der Waals surface area contributed by atoms with Crippen LogP contribution in [0.3, 0.4) is 0 Å². The highest BCUT2D eigenvalue weighted by Gasteiger charge is 2.22. The van der Waals surface area contributed by atoms with Gasteiger partial charge in [-0.2, -0.15) is 0 Å². The Kier molecular flexibility index (Phi) is 4.39. The predicted molar refractivity (Wildman–Crippen MR) is 49.4 cm³/mol. The summed E-state index contributed by atoms with van der Waals surface area (Å²) in [5.41, 5.74) is 0. The van der Waals surface area contributed by atoms with Gasteiger partial charge in [0.15, 0.2) is 6.29 Å². The minimum atomic E-state index is -0.271. The van der Waals surface area contributed by atoms with Gasteiger partial charge >= 0.3 is 0 Å². The molecule has 0 aliphatic carbocycles. The fourth-order valence-corrected chi connectivity index (χ4v) is 1.48. The van der Waals surface area contributed by atoms with Crippen molar-refractivity contribution in [1.82, 2.24) is 0 Å². The molecule has 1 aliphatic heterocycles. The standard InChI is InChI=1S/C10H18O3/c1-3-4-8(2)9(11)7-10-12-5-6-13-10/h8,10H,3-7H2,1-2H3. The van der Waals surface area contributed by atoms with Crippen molar-refractivity contribution in [1.29, 1.82) is 0 Å². The number of Topliss-reactive ketones (excluding diaryl/α,β-unsaturated/α-hetero) is 1. The van der Waals surface area contributed by atoms with Gasteiger partial charge in [-0.3, -0.25) is 4.79 Å². The van der Waals surface area contributed by atoms with Gasteiger partial charge in [-0.1, -0.05) is 20.3 Å². The summed E-state index contributed by atoms with van der Waals surface area (Å²) in [7, 11) is 0. The fraction of sp³-hybridized carbons (Fsp3) is 0.900. The number of hydrogen-bond donors (Lipinski definition) is 0. The van der Waals surface area contributed by atoms with E-state index in [2.05, 4.69) is 6.92 Å². The number of carbonyl (C=O) groups is 1. The van der Waals surface area contributed by atoms with Crippen LogP contribution in [0.4, 0.5) is 0 Å². The third-order valence-corrected chi connectivity index (χ3v) is 2.33. The molecule has 0 saturated carbocycles. The smallest absolute Gasteiger partial charge is 0.164 e. The van der Waals surface area contributed by atoms with Gasteiger partial charge in [-0.15, -0.1) is 0 Å². The van der Waals surface area contributed by atoms with Crippen LogP contribution in [0.15, 0.2) is 0 Å². The van der Waals surface area contributed by atoms with Crippen LogP contribution >= 0.6 is 0 Å². The second kappa shape index (κ2) is 5.35. The lowest BCUT2D eigenvalue weighted by atomic mass is 9.99. The van der Waals surface area contributed by atoms with Gasteiger partial charge in [-0.05, 0) is 6.42 Å². The number of ketones is 1. The molecule has 0 amide bonds.